The van der Waals surface area contributed by atoms with Crippen molar-refractivity contribution in [2.24, 2.45) is 16.9 Å². The molecule has 2 aromatic carbocycles. The highest BCUT2D eigenvalue weighted by atomic mass is 35.5. The summed E-state index contributed by atoms with van der Waals surface area (Å²) in [6, 6.07) is 11.1. The second-order valence-electron chi connectivity index (χ2n) is 7.99. The van der Waals surface area contributed by atoms with Gasteiger partial charge in [-0.2, -0.15) is 5.10 Å². The van der Waals surface area contributed by atoms with Crippen molar-refractivity contribution in [1.82, 2.24) is 5.01 Å². The van der Waals surface area contributed by atoms with E-state index in [0.717, 1.165) is 4.90 Å². The Balaban J connectivity index is 1.51. The predicted octanol–water partition coefficient (Wildman–Crippen LogP) is 2.86. The molecule has 0 radical (unpaired) electrons. The standard InChI is InChI=1S/C24H18ClN3O5/c1-13(29)33-17-10-4-14(5-11-17)22(30)21-20-19(18-3-2-12-26-28(18)21)23(31)27(24(20)32)16-8-6-15(25)7-9-16/h2-12,18-21H,1H3/t18-,19-,20-,21+/m1/s1. The second kappa shape index (κ2) is 7.97. The number of halogens is 1. The summed E-state index contributed by atoms with van der Waals surface area (Å²) in [5, 5.41) is 6.36. The first-order chi connectivity index (χ1) is 15.9. The smallest absolute Gasteiger partial charge is 0.308 e. The van der Waals surface area contributed by atoms with Crippen LogP contribution in [0.2, 0.25) is 5.02 Å². The van der Waals surface area contributed by atoms with Gasteiger partial charge < -0.3 is 4.74 Å². The van der Waals surface area contributed by atoms with Gasteiger partial charge in [0, 0.05) is 23.7 Å². The zero-order chi connectivity index (χ0) is 23.3. The van der Waals surface area contributed by atoms with Crippen LogP contribution in [0, 0.1) is 11.8 Å². The Kier molecular flexibility index (Phi) is 5.09. The maximum absolute atomic E-state index is 13.6. The number of Topliss-reactive ketones (excluding diaryl/α,β-unsaturated/α-hetero) is 1. The lowest BCUT2D eigenvalue weighted by atomic mass is 9.86. The normalized spacial score (nSPS) is 25.3. The van der Waals surface area contributed by atoms with E-state index in [0.29, 0.717) is 22.0 Å². The summed E-state index contributed by atoms with van der Waals surface area (Å²) in [7, 11) is 0. The number of ether oxygens (including phenoxy) is 1. The summed E-state index contributed by atoms with van der Waals surface area (Å²) in [6.07, 6.45) is 5.04. The minimum absolute atomic E-state index is 0.307. The molecule has 0 aliphatic carbocycles. The van der Waals surface area contributed by atoms with Gasteiger partial charge in [0.15, 0.2) is 5.78 Å². The molecule has 4 atom stereocenters. The molecule has 3 aliphatic rings. The average Bonchev–Trinajstić information content (AvgIpc) is 3.27. The lowest BCUT2D eigenvalue weighted by molar-refractivity contribution is -0.132. The maximum Gasteiger partial charge on any atom is 0.308 e. The monoisotopic (exact) mass is 463 g/mol. The number of benzene rings is 2. The lowest BCUT2D eigenvalue weighted by Gasteiger charge is -2.30. The number of nitrogens with zero attached hydrogens (tertiary/aromatic N) is 3. The van der Waals surface area contributed by atoms with Crippen molar-refractivity contribution >= 4 is 47.1 Å². The quantitative estimate of drug-likeness (QED) is 0.299. The molecule has 33 heavy (non-hydrogen) atoms. The van der Waals surface area contributed by atoms with Crippen molar-refractivity contribution in [3.05, 3.63) is 71.3 Å². The Bertz CT molecular complexity index is 1220. The van der Waals surface area contributed by atoms with Gasteiger partial charge in [-0.1, -0.05) is 17.7 Å². The van der Waals surface area contributed by atoms with Crippen molar-refractivity contribution in [1.29, 1.82) is 0 Å². The number of hydrazone groups is 1. The molecule has 8 nitrogen and oxygen atoms in total. The molecule has 0 unspecified atom stereocenters. The van der Waals surface area contributed by atoms with Crippen molar-refractivity contribution in [3.8, 4) is 5.75 Å². The molecule has 9 heteroatoms. The van der Waals surface area contributed by atoms with Crippen molar-refractivity contribution in [2.75, 3.05) is 4.90 Å². The number of carbonyl (C=O) groups excluding carboxylic acids is 4. The molecule has 5 rings (SSSR count). The van der Waals surface area contributed by atoms with Crippen LogP contribution >= 0.6 is 11.6 Å². The molecule has 2 saturated heterocycles. The first-order valence-electron chi connectivity index (χ1n) is 10.3. The molecule has 3 aliphatic heterocycles. The number of fused-ring (bicyclic) bond motifs is 3. The highest BCUT2D eigenvalue weighted by molar-refractivity contribution is 6.31. The molecule has 0 N–H and O–H groups in total. The number of carbonyl (C=O) groups is 4. The summed E-state index contributed by atoms with van der Waals surface area (Å²) < 4.78 is 5.02. The van der Waals surface area contributed by atoms with E-state index in [-0.39, 0.29) is 11.7 Å². The van der Waals surface area contributed by atoms with Crippen LogP contribution in [0.1, 0.15) is 17.3 Å². The van der Waals surface area contributed by atoms with Crippen LogP contribution in [0.3, 0.4) is 0 Å². The Morgan fingerprint density at radius 1 is 0.970 bits per heavy atom. The first kappa shape index (κ1) is 21.1. The number of esters is 1. The zero-order valence-electron chi connectivity index (χ0n) is 17.4. The van der Waals surface area contributed by atoms with Gasteiger partial charge in [-0.3, -0.25) is 24.2 Å². The predicted molar refractivity (Wildman–Crippen MR) is 120 cm³/mol. The van der Waals surface area contributed by atoms with Gasteiger partial charge in [-0.15, -0.1) is 0 Å². The number of amides is 2. The number of anilines is 1. The SMILES string of the molecule is CC(=O)Oc1ccc(C(=O)[C@@H]2[C@@H]3C(=O)N(c4ccc(Cl)cc4)C(=O)[C@@H]3[C@H]3C=CC=NN32)cc1. The third-order valence-corrected chi connectivity index (χ3v) is 6.30. The van der Waals surface area contributed by atoms with Crippen LogP contribution in [0.15, 0.2) is 65.8 Å². The molecule has 0 bridgehead atoms. The number of ketones is 1. The molecule has 3 heterocycles. The van der Waals surface area contributed by atoms with Crippen LogP contribution in [-0.4, -0.2) is 46.9 Å². The van der Waals surface area contributed by atoms with Crippen molar-refractivity contribution in [2.45, 2.75) is 19.0 Å². The van der Waals surface area contributed by atoms with E-state index >= 15 is 0 Å². The fourth-order valence-corrected chi connectivity index (χ4v) is 4.83. The van der Waals surface area contributed by atoms with Crippen molar-refractivity contribution in [3.63, 3.8) is 0 Å². The topological polar surface area (TPSA) is 96.3 Å². The van der Waals surface area contributed by atoms with E-state index in [4.69, 9.17) is 16.3 Å². The van der Waals surface area contributed by atoms with E-state index < -0.39 is 35.8 Å². The number of allylic oxidation sites excluding steroid dienone is 1. The lowest BCUT2D eigenvalue weighted by Crippen LogP contribution is -2.46. The van der Waals surface area contributed by atoms with Crippen molar-refractivity contribution < 1.29 is 23.9 Å². The summed E-state index contributed by atoms with van der Waals surface area (Å²) in [5.41, 5.74) is 0.737. The second-order valence-corrected chi connectivity index (χ2v) is 8.42. The molecule has 0 aromatic heterocycles. The van der Waals surface area contributed by atoms with E-state index in [1.165, 1.54) is 37.4 Å². The summed E-state index contributed by atoms with van der Waals surface area (Å²) in [6.45, 7) is 1.29. The fourth-order valence-electron chi connectivity index (χ4n) is 4.71. The molecule has 2 aromatic rings. The Morgan fingerprint density at radius 3 is 2.30 bits per heavy atom. The molecule has 166 valence electrons. The third kappa shape index (κ3) is 3.43. The maximum atomic E-state index is 13.6. The van der Waals surface area contributed by atoms with Crippen LogP contribution in [-0.2, 0) is 14.4 Å². The highest BCUT2D eigenvalue weighted by Crippen LogP contribution is 2.46. The van der Waals surface area contributed by atoms with E-state index in [2.05, 4.69) is 5.10 Å². The number of imide groups is 1. The molecule has 2 amide bonds. The summed E-state index contributed by atoms with van der Waals surface area (Å²) >= 11 is 5.96. The Hall–Kier alpha value is -3.78. The minimum Gasteiger partial charge on any atom is -0.427 e. The molecule has 2 fully saturated rings. The molecular formula is C24H18ClN3O5. The van der Waals surface area contributed by atoms with Crippen LogP contribution in [0.4, 0.5) is 5.69 Å². The zero-order valence-corrected chi connectivity index (χ0v) is 18.2. The molecule has 0 saturated carbocycles. The number of hydrogen-bond acceptors (Lipinski definition) is 7. The van der Waals surface area contributed by atoms with Gasteiger partial charge in [0.2, 0.25) is 11.8 Å². The van der Waals surface area contributed by atoms with Gasteiger partial charge >= 0.3 is 5.97 Å². The molecule has 0 spiro atoms. The Labute approximate surface area is 194 Å². The van der Waals surface area contributed by atoms with E-state index in [9.17, 15) is 19.2 Å². The van der Waals surface area contributed by atoms with Crippen LogP contribution in [0.25, 0.3) is 0 Å². The number of rotatable bonds is 4. The van der Waals surface area contributed by atoms with Gasteiger partial charge in [0.1, 0.15) is 11.8 Å². The summed E-state index contributed by atoms with van der Waals surface area (Å²) in [4.78, 5) is 52.8. The van der Waals surface area contributed by atoms with Crippen LogP contribution in [0.5, 0.6) is 5.75 Å². The minimum atomic E-state index is -0.950. The average molecular weight is 464 g/mol. The van der Waals surface area contributed by atoms with E-state index in [1.54, 1.807) is 41.4 Å². The first-order valence-corrected chi connectivity index (χ1v) is 10.7. The number of hydrogen-bond donors (Lipinski definition) is 0. The van der Waals surface area contributed by atoms with Gasteiger partial charge in [0.25, 0.3) is 0 Å². The highest BCUT2D eigenvalue weighted by Gasteiger charge is 2.64. The van der Waals surface area contributed by atoms with Gasteiger partial charge in [-0.05, 0) is 54.6 Å². The van der Waals surface area contributed by atoms with Gasteiger partial charge in [0.05, 0.1) is 23.6 Å². The third-order valence-electron chi connectivity index (χ3n) is 6.04. The fraction of sp³-hybridized carbons (Fsp3) is 0.208. The molecular weight excluding hydrogens is 446 g/mol. The van der Waals surface area contributed by atoms with E-state index in [1.807, 2.05) is 0 Å². The Morgan fingerprint density at radius 2 is 1.64 bits per heavy atom. The van der Waals surface area contributed by atoms with Gasteiger partial charge in [-0.25, -0.2) is 4.90 Å². The van der Waals surface area contributed by atoms with Crippen LogP contribution < -0.4 is 9.64 Å². The summed E-state index contributed by atoms with van der Waals surface area (Å²) in [5.74, 6) is -2.95. The largest absolute Gasteiger partial charge is 0.427 e.